The Balaban J connectivity index is 2.27. The SMILES string of the molecule is Cn1ccsc1=NC(=O)C1(C)CCNC1. The number of carbonyl (C=O) groups excluding carboxylic acids is 1. The van der Waals surface area contributed by atoms with Crippen LogP contribution in [-0.4, -0.2) is 23.6 Å². The highest BCUT2D eigenvalue weighted by molar-refractivity contribution is 7.07. The minimum atomic E-state index is -0.309. The van der Waals surface area contributed by atoms with E-state index in [9.17, 15) is 4.79 Å². The lowest BCUT2D eigenvalue weighted by atomic mass is 9.89. The molecule has 1 aromatic rings. The first-order valence-electron chi connectivity index (χ1n) is 5.02. The summed E-state index contributed by atoms with van der Waals surface area (Å²) >= 11 is 1.49. The van der Waals surface area contributed by atoms with Gasteiger partial charge in [-0.3, -0.25) is 4.79 Å². The second-order valence-corrected chi connectivity index (χ2v) is 5.07. The van der Waals surface area contributed by atoms with E-state index in [1.54, 1.807) is 0 Å². The molecule has 4 nitrogen and oxygen atoms in total. The van der Waals surface area contributed by atoms with E-state index in [2.05, 4.69) is 10.3 Å². The highest BCUT2D eigenvalue weighted by Gasteiger charge is 2.36. The number of hydrogen-bond acceptors (Lipinski definition) is 3. The van der Waals surface area contributed by atoms with Crippen LogP contribution in [0, 0.1) is 5.41 Å². The van der Waals surface area contributed by atoms with Crippen molar-refractivity contribution in [1.82, 2.24) is 9.88 Å². The predicted octanol–water partition coefficient (Wildman–Crippen LogP) is 0.513. The van der Waals surface area contributed by atoms with Crippen molar-refractivity contribution in [1.29, 1.82) is 0 Å². The fourth-order valence-corrected chi connectivity index (χ4v) is 2.38. The molecule has 0 bridgehead atoms. The molecule has 1 atom stereocenters. The van der Waals surface area contributed by atoms with Crippen LogP contribution in [0.3, 0.4) is 0 Å². The van der Waals surface area contributed by atoms with Crippen molar-refractivity contribution in [2.45, 2.75) is 13.3 Å². The summed E-state index contributed by atoms with van der Waals surface area (Å²) in [7, 11) is 1.90. The zero-order chi connectivity index (χ0) is 10.9. The number of carbonyl (C=O) groups is 1. The predicted molar refractivity (Wildman–Crippen MR) is 59.5 cm³/mol. The third-order valence-electron chi connectivity index (χ3n) is 2.84. The maximum atomic E-state index is 12.0. The van der Waals surface area contributed by atoms with Crippen LogP contribution in [0.1, 0.15) is 13.3 Å². The van der Waals surface area contributed by atoms with Gasteiger partial charge in [-0.25, -0.2) is 0 Å². The van der Waals surface area contributed by atoms with Gasteiger partial charge in [-0.05, 0) is 19.9 Å². The quantitative estimate of drug-likeness (QED) is 0.757. The number of aryl methyl sites for hydroxylation is 1. The topological polar surface area (TPSA) is 46.4 Å². The van der Waals surface area contributed by atoms with E-state index in [1.807, 2.05) is 30.1 Å². The number of rotatable bonds is 1. The van der Waals surface area contributed by atoms with Gasteiger partial charge in [-0.2, -0.15) is 4.99 Å². The lowest BCUT2D eigenvalue weighted by Gasteiger charge is -2.16. The molecule has 0 saturated carbocycles. The molecular formula is C10H15N3OS. The zero-order valence-corrected chi connectivity index (χ0v) is 9.80. The Hall–Kier alpha value is -0.940. The molecule has 5 heteroatoms. The Morgan fingerprint density at radius 3 is 3.07 bits per heavy atom. The van der Waals surface area contributed by atoms with E-state index < -0.39 is 0 Å². The van der Waals surface area contributed by atoms with Crippen molar-refractivity contribution in [3.63, 3.8) is 0 Å². The molecule has 1 fully saturated rings. The molecule has 0 aliphatic carbocycles. The van der Waals surface area contributed by atoms with Crippen molar-refractivity contribution in [2.24, 2.45) is 17.5 Å². The summed E-state index contributed by atoms with van der Waals surface area (Å²) in [5.41, 5.74) is -0.309. The largest absolute Gasteiger partial charge is 0.327 e. The average molecular weight is 225 g/mol. The first kappa shape index (κ1) is 10.6. The fraction of sp³-hybridized carbons (Fsp3) is 0.600. The second-order valence-electron chi connectivity index (χ2n) is 4.20. The molecule has 1 aliphatic rings. The number of nitrogens with one attached hydrogen (secondary N) is 1. The molecule has 1 aromatic heterocycles. The van der Waals surface area contributed by atoms with Gasteiger partial charge in [0.1, 0.15) is 0 Å². The van der Waals surface area contributed by atoms with Gasteiger partial charge in [-0.15, -0.1) is 11.3 Å². The first-order chi connectivity index (χ1) is 7.12. The van der Waals surface area contributed by atoms with Crippen LogP contribution in [-0.2, 0) is 11.8 Å². The zero-order valence-electron chi connectivity index (χ0n) is 8.99. The minimum absolute atomic E-state index is 0.00875. The van der Waals surface area contributed by atoms with Crippen molar-refractivity contribution in [3.05, 3.63) is 16.4 Å². The Morgan fingerprint density at radius 2 is 2.53 bits per heavy atom. The highest BCUT2D eigenvalue weighted by Crippen LogP contribution is 2.25. The molecule has 1 N–H and O–H groups in total. The second kappa shape index (κ2) is 3.90. The van der Waals surface area contributed by atoms with Crippen molar-refractivity contribution in [3.8, 4) is 0 Å². The Bertz CT molecular complexity index is 426. The number of thiazole rings is 1. The number of amides is 1. The molecule has 1 saturated heterocycles. The third kappa shape index (κ3) is 2.03. The summed E-state index contributed by atoms with van der Waals surface area (Å²) in [6.45, 7) is 3.63. The van der Waals surface area contributed by atoms with Gasteiger partial charge in [-0.1, -0.05) is 0 Å². The van der Waals surface area contributed by atoms with E-state index in [1.165, 1.54) is 11.3 Å². The van der Waals surface area contributed by atoms with Crippen molar-refractivity contribution < 1.29 is 4.79 Å². The molecule has 15 heavy (non-hydrogen) atoms. The lowest BCUT2D eigenvalue weighted by Crippen LogP contribution is -2.30. The summed E-state index contributed by atoms with van der Waals surface area (Å²) in [6.07, 6.45) is 2.79. The Labute approximate surface area is 92.7 Å². The van der Waals surface area contributed by atoms with Gasteiger partial charge in [0, 0.05) is 25.2 Å². The number of hydrogen-bond donors (Lipinski definition) is 1. The number of aromatic nitrogens is 1. The molecule has 2 rings (SSSR count). The standard InChI is InChI=1S/C10H15N3OS/c1-10(3-4-11-7-10)8(14)12-9-13(2)5-6-15-9/h5-6,11H,3-4,7H2,1-2H3. The molecule has 0 spiro atoms. The molecule has 1 amide bonds. The Kier molecular flexibility index (Phi) is 2.75. The summed E-state index contributed by atoms with van der Waals surface area (Å²) < 4.78 is 1.87. The molecule has 1 unspecified atom stereocenters. The molecule has 2 heterocycles. The molecular weight excluding hydrogens is 210 g/mol. The maximum Gasteiger partial charge on any atom is 0.255 e. The van der Waals surface area contributed by atoms with Gasteiger partial charge in [0.05, 0.1) is 5.41 Å². The Morgan fingerprint density at radius 1 is 1.73 bits per heavy atom. The van der Waals surface area contributed by atoms with Crippen LogP contribution in [0.15, 0.2) is 16.6 Å². The van der Waals surface area contributed by atoms with Gasteiger partial charge < -0.3 is 9.88 Å². The van der Waals surface area contributed by atoms with Crippen molar-refractivity contribution >= 4 is 17.2 Å². The summed E-state index contributed by atoms with van der Waals surface area (Å²) in [6, 6.07) is 0. The van der Waals surface area contributed by atoms with Crippen molar-refractivity contribution in [2.75, 3.05) is 13.1 Å². The van der Waals surface area contributed by atoms with Gasteiger partial charge in [0.25, 0.3) is 5.91 Å². The molecule has 82 valence electrons. The monoisotopic (exact) mass is 225 g/mol. The van der Waals surface area contributed by atoms with Crippen LogP contribution in [0.4, 0.5) is 0 Å². The summed E-state index contributed by atoms with van der Waals surface area (Å²) in [5, 5.41) is 5.14. The van der Waals surface area contributed by atoms with Crippen LogP contribution in [0.5, 0.6) is 0 Å². The van der Waals surface area contributed by atoms with E-state index >= 15 is 0 Å². The van der Waals surface area contributed by atoms with Gasteiger partial charge in [0.2, 0.25) is 0 Å². The summed E-state index contributed by atoms with van der Waals surface area (Å²) in [5.74, 6) is -0.00875. The van der Waals surface area contributed by atoms with Crippen LogP contribution in [0.25, 0.3) is 0 Å². The van der Waals surface area contributed by atoms with E-state index in [4.69, 9.17) is 0 Å². The minimum Gasteiger partial charge on any atom is -0.327 e. The lowest BCUT2D eigenvalue weighted by molar-refractivity contribution is -0.125. The smallest absolute Gasteiger partial charge is 0.255 e. The normalized spacial score (nSPS) is 27.2. The van der Waals surface area contributed by atoms with Gasteiger partial charge >= 0.3 is 0 Å². The van der Waals surface area contributed by atoms with Crippen LogP contribution < -0.4 is 10.1 Å². The van der Waals surface area contributed by atoms with Crippen LogP contribution >= 0.6 is 11.3 Å². The van der Waals surface area contributed by atoms with E-state index in [0.29, 0.717) is 0 Å². The van der Waals surface area contributed by atoms with Crippen LogP contribution in [0.2, 0.25) is 0 Å². The highest BCUT2D eigenvalue weighted by atomic mass is 32.1. The van der Waals surface area contributed by atoms with Gasteiger partial charge in [0.15, 0.2) is 4.80 Å². The summed E-state index contributed by atoms with van der Waals surface area (Å²) in [4.78, 5) is 16.9. The maximum absolute atomic E-state index is 12.0. The molecule has 0 radical (unpaired) electrons. The number of nitrogens with zero attached hydrogens (tertiary/aromatic N) is 2. The molecule has 0 aromatic carbocycles. The first-order valence-corrected chi connectivity index (χ1v) is 5.90. The van der Waals surface area contributed by atoms with E-state index in [0.717, 1.165) is 24.3 Å². The fourth-order valence-electron chi connectivity index (χ4n) is 1.66. The average Bonchev–Trinajstić information content (AvgIpc) is 2.78. The molecule has 1 aliphatic heterocycles. The third-order valence-corrected chi connectivity index (χ3v) is 3.69. The van der Waals surface area contributed by atoms with E-state index in [-0.39, 0.29) is 11.3 Å².